The van der Waals surface area contributed by atoms with Gasteiger partial charge in [0.2, 0.25) is 0 Å². The van der Waals surface area contributed by atoms with E-state index in [2.05, 4.69) is 21.2 Å². The highest BCUT2D eigenvalue weighted by atomic mass is 16.5. The summed E-state index contributed by atoms with van der Waals surface area (Å²) in [7, 11) is 1.35. The van der Waals surface area contributed by atoms with Gasteiger partial charge in [0.05, 0.1) is 6.21 Å². The molecule has 0 heterocycles. The molecule has 2 aromatic carbocycles. The second-order valence-corrected chi connectivity index (χ2v) is 6.01. The number of nitrogens with one attached hydrogen (secondary N) is 3. The summed E-state index contributed by atoms with van der Waals surface area (Å²) in [6.07, 6.45) is 1.36. The zero-order valence-electron chi connectivity index (χ0n) is 15.9. The van der Waals surface area contributed by atoms with E-state index < -0.39 is 11.8 Å². The van der Waals surface area contributed by atoms with E-state index in [0.29, 0.717) is 11.3 Å². The fourth-order valence-corrected chi connectivity index (χ4v) is 2.22. The van der Waals surface area contributed by atoms with Crippen molar-refractivity contribution in [2.75, 3.05) is 19.0 Å². The predicted molar refractivity (Wildman–Crippen MR) is 106 cm³/mol. The van der Waals surface area contributed by atoms with Crippen molar-refractivity contribution in [3.8, 4) is 5.75 Å². The molecule has 0 saturated carbocycles. The van der Waals surface area contributed by atoms with Gasteiger partial charge in [-0.1, -0.05) is 24.3 Å². The summed E-state index contributed by atoms with van der Waals surface area (Å²) in [6.45, 7) is 3.72. The van der Waals surface area contributed by atoms with Crippen molar-refractivity contribution in [2.24, 2.45) is 5.10 Å². The number of likely N-dealkylation sites (N-methyl/N-ethyl adjacent to an activating group) is 1. The van der Waals surface area contributed by atoms with Crippen LogP contribution in [0.4, 0.5) is 5.69 Å². The first-order valence-corrected chi connectivity index (χ1v) is 8.54. The molecule has 0 aliphatic carbocycles. The van der Waals surface area contributed by atoms with E-state index in [-0.39, 0.29) is 12.5 Å². The lowest BCUT2D eigenvalue weighted by molar-refractivity contribution is -0.138. The van der Waals surface area contributed by atoms with Crippen molar-refractivity contribution < 1.29 is 19.1 Å². The Bertz CT molecular complexity index is 909. The maximum atomic E-state index is 12.1. The van der Waals surface area contributed by atoms with Crippen LogP contribution in [0.3, 0.4) is 0 Å². The van der Waals surface area contributed by atoms with E-state index in [0.717, 1.165) is 16.8 Å². The van der Waals surface area contributed by atoms with Gasteiger partial charge in [-0.25, -0.2) is 5.43 Å². The number of hydrogen-bond acceptors (Lipinski definition) is 5. The lowest BCUT2D eigenvalue weighted by atomic mass is 10.1. The molecule has 0 aliphatic rings. The number of anilines is 1. The number of hydrogen-bond donors (Lipinski definition) is 3. The number of ether oxygens (including phenoxy) is 1. The monoisotopic (exact) mass is 382 g/mol. The second-order valence-electron chi connectivity index (χ2n) is 6.01. The molecule has 0 atom stereocenters. The van der Waals surface area contributed by atoms with Gasteiger partial charge in [-0.3, -0.25) is 14.4 Å². The molecule has 3 N–H and O–H groups in total. The Morgan fingerprint density at radius 2 is 1.86 bits per heavy atom. The quantitative estimate of drug-likeness (QED) is 0.400. The van der Waals surface area contributed by atoms with E-state index in [4.69, 9.17) is 4.74 Å². The van der Waals surface area contributed by atoms with E-state index in [9.17, 15) is 14.4 Å². The summed E-state index contributed by atoms with van der Waals surface area (Å²) < 4.78 is 5.51. The Morgan fingerprint density at radius 3 is 2.61 bits per heavy atom. The topological polar surface area (TPSA) is 109 Å². The number of benzene rings is 2. The summed E-state index contributed by atoms with van der Waals surface area (Å²) in [5.74, 6) is -1.46. The Balaban J connectivity index is 1.90. The van der Waals surface area contributed by atoms with Gasteiger partial charge in [0.15, 0.2) is 6.61 Å². The van der Waals surface area contributed by atoms with E-state index in [1.54, 1.807) is 24.3 Å². The molecule has 3 amide bonds. The van der Waals surface area contributed by atoms with Gasteiger partial charge < -0.3 is 15.4 Å². The van der Waals surface area contributed by atoms with E-state index in [1.165, 1.54) is 13.3 Å². The fraction of sp³-hybridized carbons (Fsp3) is 0.200. The first-order chi connectivity index (χ1) is 13.4. The van der Waals surface area contributed by atoms with Gasteiger partial charge in [0, 0.05) is 12.7 Å². The van der Waals surface area contributed by atoms with Gasteiger partial charge in [-0.05, 0) is 48.7 Å². The third kappa shape index (κ3) is 6.24. The first kappa shape index (κ1) is 20.6. The Labute approximate surface area is 163 Å². The minimum atomic E-state index is -0.866. The van der Waals surface area contributed by atoms with Crippen molar-refractivity contribution in [3.05, 3.63) is 59.2 Å². The van der Waals surface area contributed by atoms with Crippen LogP contribution in [-0.4, -0.2) is 37.6 Å². The van der Waals surface area contributed by atoms with Crippen molar-refractivity contribution in [2.45, 2.75) is 13.8 Å². The molecular weight excluding hydrogens is 360 g/mol. The molecule has 2 aromatic rings. The highest BCUT2D eigenvalue weighted by Gasteiger charge is 2.09. The summed E-state index contributed by atoms with van der Waals surface area (Å²) in [5.41, 5.74) is 5.50. The van der Waals surface area contributed by atoms with Gasteiger partial charge in [0.1, 0.15) is 5.75 Å². The van der Waals surface area contributed by atoms with Gasteiger partial charge >= 0.3 is 11.8 Å². The largest absolute Gasteiger partial charge is 0.484 e. The average Bonchev–Trinajstić information content (AvgIpc) is 2.68. The van der Waals surface area contributed by atoms with E-state index in [1.807, 2.05) is 32.0 Å². The lowest BCUT2D eigenvalue weighted by Crippen LogP contribution is -2.35. The molecule has 0 saturated heterocycles. The van der Waals surface area contributed by atoms with Crippen LogP contribution in [0.5, 0.6) is 5.75 Å². The summed E-state index contributed by atoms with van der Waals surface area (Å²) in [5, 5.41) is 8.71. The molecule has 0 radical (unpaired) electrons. The lowest BCUT2D eigenvalue weighted by Gasteiger charge is -2.10. The second kappa shape index (κ2) is 9.86. The molecule has 28 heavy (non-hydrogen) atoms. The zero-order chi connectivity index (χ0) is 20.5. The number of nitrogens with zero attached hydrogens (tertiary/aromatic N) is 1. The zero-order valence-corrected chi connectivity index (χ0v) is 15.9. The summed E-state index contributed by atoms with van der Waals surface area (Å²) in [4.78, 5) is 34.5. The van der Waals surface area contributed by atoms with Gasteiger partial charge in [-0.2, -0.15) is 5.10 Å². The van der Waals surface area contributed by atoms with Crippen LogP contribution in [0.15, 0.2) is 47.6 Å². The van der Waals surface area contributed by atoms with Crippen LogP contribution in [-0.2, 0) is 14.4 Å². The van der Waals surface area contributed by atoms with Gasteiger partial charge in [-0.15, -0.1) is 0 Å². The van der Waals surface area contributed by atoms with Crippen molar-refractivity contribution >= 4 is 29.6 Å². The number of carbonyl (C=O) groups is 3. The Hall–Kier alpha value is -3.68. The van der Waals surface area contributed by atoms with Crippen LogP contribution in [0.25, 0.3) is 0 Å². The highest BCUT2D eigenvalue weighted by Crippen LogP contribution is 2.17. The average molecular weight is 382 g/mol. The predicted octanol–water partition coefficient (Wildman–Crippen LogP) is 1.52. The van der Waals surface area contributed by atoms with Crippen LogP contribution >= 0.6 is 0 Å². The standard InChI is InChI=1S/C20H22N4O4/c1-13-7-8-14(2)17(9-13)23-18(25)12-28-16-6-4-5-15(10-16)11-22-24-20(27)19(26)21-3/h4-11H,12H2,1-3H3,(H,21,26)(H,23,25)(H,24,27)/b22-11-. The number of rotatable bonds is 6. The Kier molecular flexibility index (Phi) is 7.27. The molecule has 8 nitrogen and oxygen atoms in total. The normalized spacial score (nSPS) is 10.4. The minimum Gasteiger partial charge on any atom is -0.484 e. The molecule has 8 heteroatoms. The third-order valence-electron chi connectivity index (χ3n) is 3.71. The minimum absolute atomic E-state index is 0.151. The SMILES string of the molecule is CNC(=O)C(=O)N/N=C\c1cccc(OCC(=O)Nc2cc(C)ccc2C)c1. The van der Waals surface area contributed by atoms with Crippen molar-refractivity contribution in [1.29, 1.82) is 0 Å². The van der Waals surface area contributed by atoms with Crippen molar-refractivity contribution in [1.82, 2.24) is 10.7 Å². The first-order valence-electron chi connectivity index (χ1n) is 8.54. The van der Waals surface area contributed by atoms with Crippen LogP contribution in [0, 0.1) is 13.8 Å². The number of aryl methyl sites for hydroxylation is 2. The fourth-order valence-electron chi connectivity index (χ4n) is 2.22. The molecule has 0 fully saturated rings. The highest BCUT2D eigenvalue weighted by molar-refractivity contribution is 6.35. The smallest absolute Gasteiger partial charge is 0.329 e. The number of amides is 3. The van der Waals surface area contributed by atoms with E-state index >= 15 is 0 Å². The molecule has 0 aromatic heterocycles. The summed E-state index contributed by atoms with van der Waals surface area (Å²) in [6, 6.07) is 12.6. The molecule has 0 aliphatic heterocycles. The molecule has 146 valence electrons. The maximum Gasteiger partial charge on any atom is 0.329 e. The summed E-state index contributed by atoms with van der Waals surface area (Å²) >= 11 is 0. The molecule has 0 unspecified atom stereocenters. The molecule has 0 bridgehead atoms. The maximum absolute atomic E-state index is 12.1. The van der Waals surface area contributed by atoms with Crippen LogP contribution < -0.4 is 20.8 Å². The Morgan fingerprint density at radius 1 is 1.07 bits per heavy atom. The number of carbonyl (C=O) groups excluding carboxylic acids is 3. The number of hydrazone groups is 1. The van der Waals surface area contributed by atoms with Crippen molar-refractivity contribution in [3.63, 3.8) is 0 Å². The van der Waals surface area contributed by atoms with Gasteiger partial charge in [0.25, 0.3) is 5.91 Å². The van der Waals surface area contributed by atoms with Crippen LogP contribution in [0.1, 0.15) is 16.7 Å². The molecule has 0 spiro atoms. The molecule has 2 rings (SSSR count). The third-order valence-corrected chi connectivity index (χ3v) is 3.71. The molecular formula is C20H22N4O4. The van der Waals surface area contributed by atoms with Crippen LogP contribution in [0.2, 0.25) is 0 Å².